The van der Waals surface area contributed by atoms with Crippen molar-refractivity contribution < 1.29 is 28.4 Å². The molecular formula is C20H19NO6. The largest absolute Gasteiger partial charge is 0.493 e. The summed E-state index contributed by atoms with van der Waals surface area (Å²) in [6.45, 7) is 0.119. The van der Waals surface area contributed by atoms with Crippen LogP contribution < -0.4 is 28.4 Å². The van der Waals surface area contributed by atoms with Crippen molar-refractivity contribution in [2.45, 2.75) is 0 Å². The van der Waals surface area contributed by atoms with Crippen LogP contribution in [0.15, 0.2) is 24.3 Å². The van der Waals surface area contributed by atoms with Crippen molar-refractivity contribution in [1.82, 2.24) is 0 Å². The fourth-order valence-electron chi connectivity index (χ4n) is 2.82. The van der Waals surface area contributed by atoms with Crippen LogP contribution in [0.5, 0.6) is 34.5 Å². The molecule has 0 bridgehead atoms. The van der Waals surface area contributed by atoms with E-state index in [1.165, 1.54) is 14.2 Å². The molecule has 0 unspecified atom stereocenters. The van der Waals surface area contributed by atoms with Crippen LogP contribution >= 0.6 is 0 Å². The second kappa shape index (κ2) is 7.79. The number of hydrogen-bond donors (Lipinski definition) is 0. The summed E-state index contributed by atoms with van der Waals surface area (Å²) in [6, 6.07) is 9.23. The third kappa shape index (κ3) is 3.42. The number of allylic oxidation sites excluding steroid dienone is 1. The molecule has 0 saturated heterocycles. The first-order valence-electron chi connectivity index (χ1n) is 8.05. The average molecular weight is 369 g/mol. The molecule has 1 heterocycles. The van der Waals surface area contributed by atoms with E-state index in [-0.39, 0.29) is 6.79 Å². The van der Waals surface area contributed by atoms with Crippen molar-refractivity contribution in [3.05, 3.63) is 35.4 Å². The molecule has 0 saturated carbocycles. The normalized spacial score (nSPS) is 12.3. The van der Waals surface area contributed by atoms with Gasteiger partial charge in [0.1, 0.15) is 0 Å². The van der Waals surface area contributed by atoms with Gasteiger partial charge in [0.15, 0.2) is 23.0 Å². The summed E-state index contributed by atoms with van der Waals surface area (Å²) in [6.07, 6.45) is 1.72. The molecule has 0 aromatic heterocycles. The molecule has 0 atom stereocenters. The zero-order valence-corrected chi connectivity index (χ0v) is 15.5. The van der Waals surface area contributed by atoms with Crippen molar-refractivity contribution in [3.8, 4) is 40.6 Å². The highest BCUT2D eigenvalue weighted by Crippen LogP contribution is 2.44. The number of nitrogens with zero attached hydrogens (tertiary/aromatic N) is 1. The van der Waals surface area contributed by atoms with Crippen molar-refractivity contribution in [2.75, 3.05) is 35.2 Å². The Hall–Kier alpha value is -3.53. The average Bonchev–Trinajstić information content (AvgIpc) is 3.18. The van der Waals surface area contributed by atoms with E-state index in [4.69, 9.17) is 28.4 Å². The lowest BCUT2D eigenvalue weighted by atomic mass is 10.0. The minimum atomic E-state index is 0.119. The number of nitriles is 1. The number of rotatable bonds is 6. The fraction of sp³-hybridized carbons (Fsp3) is 0.250. The van der Waals surface area contributed by atoms with E-state index in [1.54, 1.807) is 44.6 Å². The first-order valence-corrected chi connectivity index (χ1v) is 8.05. The highest BCUT2D eigenvalue weighted by Gasteiger charge is 2.21. The highest BCUT2D eigenvalue weighted by atomic mass is 16.7. The van der Waals surface area contributed by atoms with Gasteiger partial charge < -0.3 is 28.4 Å². The quantitative estimate of drug-likeness (QED) is 0.569. The minimum absolute atomic E-state index is 0.119. The Morgan fingerprint density at radius 3 is 2.15 bits per heavy atom. The fourth-order valence-corrected chi connectivity index (χ4v) is 2.82. The highest BCUT2D eigenvalue weighted by molar-refractivity contribution is 5.91. The van der Waals surface area contributed by atoms with Crippen molar-refractivity contribution in [1.29, 1.82) is 5.26 Å². The Labute approximate surface area is 157 Å². The van der Waals surface area contributed by atoms with Gasteiger partial charge in [0.2, 0.25) is 18.3 Å². The van der Waals surface area contributed by atoms with Crippen LogP contribution in [-0.2, 0) is 0 Å². The zero-order chi connectivity index (χ0) is 19.4. The Morgan fingerprint density at radius 2 is 1.59 bits per heavy atom. The van der Waals surface area contributed by atoms with Gasteiger partial charge in [0.25, 0.3) is 0 Å². The van der Waals surface area contributed by atoms with Crippen molar-refractivity contribution in [2.24, 2.45) is 0 Å². The van der Waals surface area contributed by atoms with Gasteiger partial charge in [0, 0.05) is 0 Å². The Balaban J connectivity index is 2.09. The van der Waals surface area contributed by atoms with E-state index in [9.17, 15) is 5.26 Å². The molecule has 0 amide bonds. The number of benzene rings is 2. The zero-order valence-electron chi connectivity index (χ0n) is 15.5. The second-order valence-electron chi connectivity index (χ2n) is 5.54. The molecule has 0 N–H and O–H groups in total. The van der Waals surface area contributed by atoms with E-state index < -0.39 is 0 Å². The van der Waals surface area contributed by atoms with Crippen LogP contribution in [0, 0.1) is 11.3 Å². The predicted octanol–water partition coefficient (Wildman–Crippen LogP) is 3.51. The van der Waals surface area contributed by atoms with E-state index in [0.29, 0.717) is 45.6 Å². The maximum atomic E-state index is 9.69. The number of ether oxygens (including phenoxy) is 6. The first kappa shape index (κ1) is 18.3. The maximum Gasteiger partial charge on any atom is 0.231 e. The SMILES string of the molecule is COc1cc(C=C(C#N)c2cc(OC)c3c(c2)OCO3)cc(OC)c1OC. The van der Waals surface area contributed by atoms with E-state index in [0.717, 1.165) is 5.56 Å². The number of methoxy groups -OCH3 is 4. The van der Waals surface area contributed by atoms with Crippen molar-refractivity contribution in [3.63, 3.8) is 0 Å². The molecule has 0 aliphatic carbocycles. The molecule has 0 fully saturated rings. The molecule has 140 valence electrons. The second-order valence-corrected chi connectivity index (χ2v) is 5.54. The van der Waals surface area contributed by atoms with Gasteiger partial charge in [-0.2, -0.15) is 5.26 Å². The molecule has 1 aliphatic heterocycles. The molecule has 0 spiro atoms. The van der Waals surface area contributed by atoms with Gasteiger partial charge in [-0.15, -0.1) is 0 Å². The van der Waals surface area contributed by atoms with Gasteiger partial charge in [-0.25, -0.2) is 0 Å². The summed E-state index contributed by atoms with van der Waals surface area (Å²) in [7, 11) is 6.16. The summed E-state index contributed by atoms with van der Waals surface area (Å²) >= 11 is 0. The summed E-state index contributed by atoms with van der Waals surface area (Å²) in [5.74, 6) is 3.07. The lowest BCUT2D eigenvalue weighted by Gasteiger charge is -2.13. The van der Waals surface area contributed by atoms with Crippen LogP contribution in [0.4, 0.5) is 0 Å². The van der Waals surface area contributed by atoms with Gasteiger partial charge in [0.05, 0.1) is 40.1 Å². The van der Waals surface area contributed by atoms with E-state index in [1.807, 2.05) is 0 Å². The number of hydrogen-bond acceptors (Lipinski definition) is 7. The van der Waals surface area contributed by atoms with Gasteiger partial charge in [-0.1, -0.05) is 0 Å². The molecule has 0 radical (unpaired) electrons. The molecule has 7 heteroatoms. The third-order valence-corrected chi connectivity index (χ3v) is 4.09. The standard InChI is InChI=1S/C20H19NO6/c1-22-15-6-12(7-16(23-2)19(15)25-4)5-14(10-21)13-8-17(24-3)20-18(9-13)26-11-27-20/h5-9H,11H2,1-4H3. The topological polar surface area (TPSA) is 79.2 Å². The maximum absolute atomic E-state index is 9.69. The lowest BCUT2D eigenvalue weighted by Crippen LogP contribution is -1.96. The predicted molar refractivity (Wildman–Crippen MR) is 98.7 cm³/mol. The van der Waals surface area contributed by atoms with Crippen LogP contribution in [0.3, 0.4) is 0 Å². The number of fused-ring (bicyclic) bond motifs is 1. The summed E-state index contributed by atoms with van der Waals surface area (Å²) < 4.78 is 32.2. The molecule has 27 heavy (non-hydrogen) atoms. The summed E-state index contributed by atoms with van der Waals surface area (Å²) in [5.41, 5.74) is 1.78. The molecule has 3 rings (SSSR count). The monoisotopic (exact) mass is 369 g/mol. The van der Waals surface area contributed by atoms with Gasteiger partial charge >= 0.3 is 0 Å². The molecule has 7 nitrogen and oxygen atoms in total. The molecule has 2 aromatic rings. The third-order valence-electron chi connectivity index (χ3n) is 4.09. The molecular weight excluding hydrogens is 350 g/mol. The van der Waals surface area contributed by atoms with Gasteiger partial charge in [-0.05, 0) is 41.5 Å². The Bertz CT molecular complexity index is 904. The molecule has 1 aliphatic rings. The van der Waals surface area contributed by atoms with Crippen molar-refractivity contribution >= 4 is 11.6 Å². The Morgan fingerprint density at radius 1 is 0.926 bits per heavy atom. The van der Waals surface area contributed by atoms with Crippen LogP contribution in [0.25, 0.3) is 11.6 Å². The smallest absolute Gasteiger partial charge is 0.231 e. The van der Waals surface area contributed by atoms with Crippen LogP contribution in [-0.4, -0.2) is 35.2 Å². The van der Waals surface area contributed by atoms with E-state index >= 15 is 0 Å². The molecule has 2 aromatic carbocycles. The van der Waals surface area contributed by atoms with Crippen LogP contribution in [0.1, 0.15) is 11.1 Å². The minimum Gasteiger partial charge on any atom is -0.493 e. The first-order chi connectivity index (χ1) is 13.1. The summed E-state index contributed by atoms with van der Waals surface area (Å²) in [5, 5.41) is 9.69. The van der Waals surface area contributed by atoms with E-state index in [2.05, 4.69) is 6.07 Å². The van der Waals surface area contributed by atoms with Crippen LogP contribution in [0.2, 0.25) is 0 Å². The summed E-state index contributed by atoms with van der Waals surface area (Å²) in [4.78, 5) is 0. The van der Waals surface area contributed by atoms with Gasteiger partial charge in [-0.3, -0.25) is 0 Å². The Kier molecular flexibility index (Phi) is 5.27. The lowest BCUT2D eigenvalue weighted by molar-refractivity contribution is 0.171.